The molecular formula is C15H18N2S. The van der Waals surface area contributed by atoms with Gasteiger partial charge in [-0.2, -0.15) is 0 Å². The van der Waals surface area contributed by atoms with Gasteiger partial charge in [-0.05, 0) is 55.9 Å². The summed E-state index contributed by atoms with van der Waals surface area (Å²) in [5.41, 5.74) is 4.31. The molecule has 0 saturated heterocycles. The Balaban J connectivity index is 1.92. The van der Waals surface area contributed by atoms with Crippen molar-refractivity contribution >= 4 is 22.8 Å². The minimum atomic E-state index is 1.05. The molecule has 1 aliphatic rings. The lowest BCUT2D eigenvalue weighted by molar-refractivity contribution is 0.685. The van der Waals surface area contributed by atoms with Crippen LogP contribution in [0.1, 0.15) is 29.0 Å². The van der Waals surface area contributed by atoms with Gasteiger partial charge in [-0.3, -0.25) is 0 Å². The summed E-state index contributed by atoms with van der Waals surface area (Å²) in [5, 5.41) is 3.24. The molecule has 18 heavy (non-hydrogen) atoms. The average molecular weight is 258 g/mol. The standard InChI is InChI=1S/C15H18N2S/c1-11-16-15(10-18-11)17(2)14-8-7-12-5-3-4-6-13(12)9-14/h7-10H,3-6H2,1-2H3. The fourth-order valence-electron chi connectivity index (χ4n) is 2.57. The Kier molecular flexibility index (Phi) is 3.08. The number of anilines is 2. The van der Waals surface area contributed by atoms with E-state index in [0.717, 1.165) is 10.8 Å². The first-order valence-corrected chi connectivity index (χ1v) is 7.39. The van der Waals surface area contributed by atoms with Crippen LogP contribution in [0.25, 0.3) is 0 Å². The van der Waals surface area contributed by atoms with Crippen LogP contribution in [-0.2, 0) is 12.8 Å². The number of aryl methyl sites for hydroxylation is 3. The van der Waals surface area contributed by atoms with Gasteiger partial charge >= 0.3 is 0 Å². The number of hydrogen-bond acceptors (Lipinski definition) is 3. The normalized spacial score (nSPS) is 14.3. The van der Waals surface area contributed by atoms with Gasteiger partial charge in [0.25, 0.3) is 0 Å². The zero-order valence-electron chi connectivity index (χ0n) is 10.9. The molecular weight excluding hydrogens is 240 g/mol. The molecule has 0 radical (unpaired) electrons. The lowest BCUT2D eigenvalue weighted by Crippen LogP contribution is -2.11. The third kappa shape index (κ3) is 2.15. The van der Waals surface area contributed by atoms with Gasteiger partial charge in [0.1, 0.15) is 5.82 Å². The number of thiazole rings is 1. The molecule has 1 heterocycles. The van der Waals surface area contributed by atoms with E-state index in [-0.39, 0.29) is 0 Å². The lowest BCUT2D eigenvalue weighted by atomic mass is 9.91. The molecule has 0 fully saturated rings. The quantitative estimate of drug-likeness (QED) is 0.806. The summed E-state index contributed by atoms with van der Waals surface area (Å²) in [5.74, 6) is 1.05. The van der Waals surface area contributed by atoms with Gasteiger partial charge in [0.2, 0.25) is 0 Å². The van der Waals surface area contributed by atoms with E-state index in [9.17, 15) is 0 Å². The number of aromatic nitrogens is 1. The zero-order valence-corrected chi connectivity index (χ0v) is 11.8. The topological polar surface area (TPSA) is 16.1 Å². The molecule has 1 aromatic heterocycles. The minimum absolute atomic E-state index is 1.05. The molecule has 0 spiro atoms. The maximum Gasteiger partial charge on any atom is 0.144 e. The van der Waals surface area contributed by atoms with E-state index < -0.39 is 0 Å². The number of nitrogens with zero attached hydrogens (tertiary/aromatic N) is 2. The third-order valence-electron chi connectivity index (χ3n) is 3.67. The highest BCUT2D eigenvalue weighted by molar-refractivity contribution is 7.09. The lowest BCUT2D eigenvalue weighted by Gasteiger charge is -2.21. The molecule has 0 saturated carbocycles. The van der Waals surface area contributed by atoms with Crippen LogP contribution in [-0.4, -0.2) is 12.0 Å². The van der Waals surface area contributed by atoms with Crippen LogP contribution >= 0.6 is 11.3 Å². The number of rotatable bonds is 2. The van der Waals surface area contributed by atoms with E-state index in [1.165, 1.54) is 42.5 Å². The largest absolute Gasteiger partial charge is 0.329 e. The van der Waals surface area contributed by atoms with Gasteiger partial charge in [-0.1, -0.05) is 6.07 Å². The number of hydrogen-bond donors (Lipinski definition) is 0. The predicted octanol–water partition coefficient (Wildman–Crippen LogP) is 4.10. The van der Waals surface area contributed by atoms with Crippen molar-refractivity contribution < 1.29 is 0 Å². The zero-order chi connectivity index (χ0) is 12.5. The summed E-state index contributed by atoms with van der Waals surface area (Å²) in [6.07, 6.45) is 5.14. The Morgan fingerprint density at radius 2 is 1.94 bits per heavy atom. The maximum atomic E-state index is 4.54. The molecule has 1 aromatic carbocycles. The summed E-state index contributed by atoms with van der Waals surface area (Å²) >= 11 is 1.70. The summed E-state index contributed by atoms with van der Waals surface area (Å²) in [7, 11) is 2.10. The van der Waals surface area contributed by atoms with Crippen molar-refractivity contribution in [2.75, 3.05) is 11.9 Å². The highest BCUT2D eigenvalue weighted by atomic mass is 32.1. The molecule has 2 aromatic rings. The fourth-order valence-corrected chi connectivity index (χ4v) is 3.20. The van der Waals surface area contributed by atoms with Crippen molar-refractivity contribution in [2.45, 2.75) is 32.6 Å². The molecule has 2 nitrogen and oxygen atoms in total. The molecule has 0 aliphatic heterocycles. The van der Waals surface area contributed by atoms with Crippen molar-refractivity contribution in [1.29, 1.82) is 0 Å². The van der Waals surface area contributed by atoms with E-state index in [4.69, 9.17) is 0 Å². The average Bonchev–Trinajstić information content (AvgIpc) is 2.84. The van der Waals surface area contributed by atoms with Crippen LogP contribution < -0.4 is 4.90 Å². The highest BCUT2D eigenvalue weighted by Crippen LogP contribution is 2.29. The van der Waals surface area contributed by atoms with Crippen molar-refractivity contribution in [1.82, 2.24) is 4.98 Å². The molecule has 0 N–H and O–H groups in total. The second kappa shape index (κ2) is 4.73. The van der Waals surface area contributed by atoms with E-state index in [1.54, 1.807) is 11.3 Å². The molecule has 0 atom stereocenters. The van der Waals surface area contributed by atoms with Crippen LogP contribution in [0, 0.1) is 6.92 Å². The molecule has 3 rings (SSSR count). The summed E-state index contributed by atoms with van der Waals surface area (Å²) in [6, 6.07) is 6.85. The van der Waals surface area contributed by atoms with Crippen molar-refractivity contribution in [2.24, 2.45) is 0 Å². The molecule has 3 heteroatoms. The number of benzene rings is 1. The first-order chi connectivity index (χ1) is 8.74. The van der Waals surface area contributed by atoms with Gasteiger partial charge in [0.05, 0.1) is 5.01 Å². The first-order valence-electron chi connectivity index (χ1n) is 6.52. The van der Waals surface area contributed by atoms with Crippen LogP contribution in [0.15, 0.2) is 23.6 Å². The van der Waals surface area contributed by atoms with E-state index in [0.29, 0.717) is 0 Å². The summed E-state index contributed by atoms with van der Waals surface area (Å²) in [6.45, 7) is 2.05. The SMILES string of the molecule is Cc1nc(N(C)c2ccc3c(c2)CCCC3)cs1. The summed E-state index contributed by atoms with van der Waals surface area (Å²) < 4.78 is 0. The first kappa shape index (κ1) is 11.7. The van der Waals surface area contributed by atoms with Crippen LogP contribution in [0.5, 0.6) is 0 Å². The molecule has 0 bridgehead atoms. The van der Waals surface area contributed by atoms with Gasteiger partial charge in [0.15, 0.2) is 0 Å². The molecule has 1 aliphatic carbocycles. The van der Waals surface area contributed by atoms with E-state index >= 15 is 0 Å². The van der Waals surface area contributed by atoms with Crippen molar-refractivity contribution in [3.05, 3.63) is 39.7 Å². The highest BCUT2D eigenvalue weighted by Gasteiger charge is 2.12. The van der Waals surface area contributed by atoms with E-state index in [1.807, 2.05) is 0 Å². The number of fused-ring (bicyclic) bond motifs is 1. The minimum Gasteiger partial charge on any atom is -0.329 e. The Labute approximate surface area is 112 Å². The Morgan fingerprint density at radius 3 is 2.67 bits per heavy atom. The smallest absolute Gasteiger partial charge is 0.144 e. The van der Waals surface area contributed by atoms with Crippen LogP contribution in [0.3, 0.4) is 0 Å². The molecule has 94 valence electrons. The van der Waals surface area contributed by atoms with E-state index in [2.05, 4.69) is 47.4 Å². The molecule has 0 amide bonds. The Morgan fingerprint density at radius 1 is 1.17 bits per heavy atom. The van der Waals surface area contributed by atoms with Crippen LogP contribution in [0.2, 0.25) is 0 Å². The fraction of sp³-hybridized carbons (Fsp3) is 0.400. The van der Waals surface area contributed by atoms with Gasteiger partial charge in [-0.25, -0.2) is 4.98 Å². The van der Waals surface area contributed by atoms with Crippen LogP contribution in [0.4, 0.5) is 11.5 Å². The third-order valence-corrected chi connectivity index (χ3v) is 4.43. The Bertz CT molecular complexity index is 559. The van der Waals surface area contributed by atoms with Crippen molar-refractivity contribution in [3.63, 3.8) is 0 Å². The van der Waals surface area contributed by atoms with Gasteiger partial charge in [-0.15, -0.1) is 11.3 Å². The monoisotopic (exact) mass is 258 g/mol. The van der Waals surface area contributed by atoms with Gasteiger partial charge < -0.3 is 4.90 Å². The maximum absolute atomic E-state index is 4.54. The van der Waals surface area contributed by atoms with Crippen molar-refractivity contribution in [3.8, 4) is 0 Å². The summed E-state index contributed by atoms with van der Waals surface area (Å²) in [4.78, 5) is 6.72. The second-order valence-corrected chi connectivity index (χ2v) is 6.01. The Hall–Kier alpha value is -1.35. The second-order valence-electron chi connectivity index (χ2n) is 4.94. The molecule has 0 unspecified atom stereocenters. The van der Waals surface area contributed by atoms with Gasteiger partial charge in [0, 0.05) is 18.1 Å². The predicted molar refractivity (Wildman–Crippen MR) is 78.0 cm³/mol.